The largest absolute Gasteiger partial charge is 0.476 e. The van der Waals surface area contributed by atoms with Gasteiger partial charge in [0.2, 0.25) is 5.60 Å². The Hall–Kier alpha value is -3.16. The van der Waals surface area contributed by atoms with Crippen LogP contribution in [0.4, 0.5) is 5.69 Å². The van der Waals surface area contributed by atoms with Crippen LogP contribution >= 0.6 is 0 Å². The van der Waals surface area contributed by atoms with Gasteiger partial charge in [-0.15, -0.1) is 0 Å². The van der Waals surface area contributed by atoms with Crippen LogP contribution in [0.25, 0.3) is 0 Å². The first-order chi connectivity index (χ1) is 16.2. The highest BCUT2D eigenvalue weighted by molar-refractivity contribution is 6.00. The molecule has 0 saturated carbocycles. The van der Waals surface area contributed by atoms with E-state index in [0.717, 1.165) is 24.8 Å². The molecule has 0 aliphatic heterocycles. The Morgan fingerprint density at radius 1 is 1.26 bits per heavy atom. The van der Waals surface area contributed by atoms with Crippen molar-refractivity contribution in [2.24, 2.45) is 0 Å². The second-order valence-corrected chi connectivity index (χ2v) is 8.48. The lowest BCUT2D eigenvalue weighted by Gasteiger charge is -2.27. The number of aryl methyl sites for hydroxylation is 2. The van der Waals surface area contributed by atoms with Crippen molar-refractivity contribution in [3.63, 3.8) is 0 Å². The zero-order valence-corrected chi connectivity index (χ0v) is 21.3. The van der Waals surface area contributed by atoms with Crippen molar-refractivity contribution < 1.29 is 14.3 Å². The highest BCUT2D eigenvalue weighted by atomic mass is 16.6. The summed E-state index contributed by atoms with van der Waals surface area (Å²) in [6.07, 6.45) is 3.35. The summed E-state index contributed by atoms with van der Waals surface area (Å²) in [4.78, 5) is 29.9. The van der Waals surface area contributed by atoms with Crippen molar-refractivity contribution in [2.75, 3.05) is 19.0 Å². The maximum Gasteiger partial charge on any atom is 0.350 e. The molecule has 34 heavy (non-hydrogen) atoms. The number of anilines is 1. The van der Waals surface area contributed by atoms with Crippen LogP contribution in [0.3, 0.4) is 0 Å². The normalized spacial score (nSPS) is 12.6. The van der Waals surface area contributed by atoms with E-state index in [9.17, 15) is 9.59 Å². The molecule has 2 aromatic rings. The van der Waals surface area contributed by atoms with Gasteiger partial charge in [-0.2, -0.15) is 0 Å². The van der Waals surface area contributed by atoms with Crippen LogP contribution in [-0.2, 0) is 22.5 Å². The summed E-state index contributed by atoms with van der Waals surface area (Å²) in [5, 5.41) is 11.2. The van der Waals surface area contributed by atoms with Crippen LogP contribution in [0.15, 0.2) is 29.1 Å². The van der Waals surface area contributed by atoms with Gasteiger partial charge in [-0.05, 0) is 64.2 Å². The molecular weight excluding hydrogens is 432 g/mol. The third-order valence-electron chi connectivity index (χ3n) is 5.87. The van der Waals surface area contributed by atoms with Gasteiger partial charge in [0.1, 0.15) is 23.0 Å². The predicted octanol–water partition coefficient (Wildman–Crippen LogP) is 4.50. The minimum Gasteiger partial charge on any atom is -0.476 e. The van der Waals surface area contributed by atoms with Gasteiger partial charge in [0.25, 0.3) is 5.56 Å². The minimum atomic E-state index is -1.04. The molecule has 0 fully saturated rings. The van der Waals surface area contributed by atoms with Gasteiger partial charge in [0, 0.05) is 13.6 Å². The average Bonchev–Trinajstić information content (AvgIpc) is 2.81. The van der Waals surface area contributed by atoms with Crippen LogP contribution in [0.5, 0.6) is 5.75 Å². The average molecular weight is 471 g/mol. The lowest BCUT2D eigenvalue weighted by atomic mass is 10.0. The molecule has 0 aliphatic carbocycles. The number of nitrogens with one attached hydrogen (secondary N) is 2. The predicted molar refractivity (Wildman–Crippen MR) is 135 cm³/mol. The molecule has 186 valence electrons. The minimum absolute atomic E-state index is 0.156. The molecule has 1 aromatic carbocycles. The van der Waals surface area contributed by atoms with Gasteiger partial charge in [-0.25, -0.2) is 9.78 Å². The van der Waals surface area contributed by atoms with Crippen molar-refractivity contribution in [1.29, 1.82) is 5.41 Å². The number of ether oxygens (including phenoxy) is 2. The number of carbonyl (C=O) groups excluding carboxylic acids is 1. The molecule has 0 amide bonds. The summed E-state index contributed by atoms with van der Waals surface area (Å²) in [7, 11) is 1.69. The van der Waals surface area contributed by atoms with Crippen molar-refractivity contribution >= 4 is 17.4 Å². The highest BCUT2D eigenvalue weighted by Gasteiger charge is 2.35. The Kier molecular flexibility index (Phi) is 9.83. The number of hydrogen-bond acceptors (Lipinski definition) is 7. The Morgan fingerprint density at radius 2 is 2.00 bits per heavy atom. The number of esters is 1. The van der Waals surface area contributed by atoms with E-state index in [1.165, 1.54) is 0 Å². The van der Waals surface area contributed by atoms with E-state index >= 15 is 0 Å². The molecule has 1 heterocycles. The number of carbonyl (C=O) groups is 1. The lowest BCUT2D eigenvalue weighted by Crippen LogP contribution is -2.42. The number of nitrogens with zero attached hydrogens (tertiary/aromatic N) is 2. The van der Waals surface area contributed by atoms with Crippen LogP contribution in [-0.4, -0.2) is 40.5 Å². The van der Waals surface area contributed by atoms with E-state index in [1.807, 2.05) is 38.1 Å². The van der Waals surface area contributed by atoms with Crippen molar-refractivity contribution in [3.05, 3.63) is 51.7 Å². The molecule has 1 unspecified atom stereocenters. The molecule has 2 N–H and O–H groups in total. The molecule has 1 aromatic heterocycles. The zero-order chi connectivity index (χ0) is 25.3. The van der Waals surface area contributed by atoms with Crippen LogP contribution in [0.2, 0.25) is 0 Å². The van der Waals surface area contributed by atoms with E-state index in [2.05, 4.69) is 10.3 Å². The second-order valence-electron chi connectivity index (χ2n) is 8.48. The molecule has 0 radical (unpaired) electrons. The van der Waals surface area contributed by atoms with Crippen LogP contribution in [0.1, 0.15) is 70.5 Å². The summed E-state index contributed by atoms with van der Waals surface area (Å²) in [5.74, 6) is 0.840. The summed E-state index contributed by atoms with van der Waals surface area (Å²) < 4.78 is 12.9. The smallest absolute Gasteiger partial charge is 0.350 e. The molecule has 8 heteroatoms. The molecule has 8 nitrogen and oxygen atoms in total. The molecule has 1 atom stereocenters. The number of rotatable bonds is 13. The Balaban J connectivity index is 2.14. The number of aromatic nitrogens is 2. The van der Waals surface area contributed by atoms with Gasteiger partial charge in [0.15, 0.2) is 0 Å². The quantitative estimate of drug-likeness (QED) is 0.330. The summed E-state index contributed by atoms with van der Waals surface area (Å²) in [6, 6.07) is 7.66. The van der Waals surface area contributed by atoms with Crippen LogP contribution < -0.4 is 15.6 Å². The van der Waals surface area contributed by atoms with Crippen molar-refractivity contribution in [1.82, 2.24) is 9.55 Å². The van der Waals surface area contributed by atoms with E-state index < -0.39 is 5.60 Å². The Labute approximate surface area is 202 Å². The Bertz CT molecular complexity index is 1060. The topological polar surface area (TPSA) is 106 Å². The molecule has 0 saturated heterocycles. The van der Waals surface area contributed by atoms with Crippen molar-refractivity contribution in [3.8, 4) is 5.75 Å². The lowest BCUT2D eigenvalue weighted by molar-refractivity contribution is -0.160. The maximum atomic E-state index is 13.1. The first-order valence-electron chi connectivity index (χ1n) is 12.0. The summed E-state index contributed by atoms with van der Waals surface area (Å²) in [5.41, 5.74) is 1.04. The monoisotopic (exact) mass is 470 g/mol. The Morgan fingerprint density at radius 3 is 2.62 bits per heavy atom. The second kappa shape index (κ2) is 12.3. The number of hydrogen-bond donors (Lipinski definition) is 2. The first-order valence-corrected chi connectivity index (χ1v) is 12.0. The zero-order valence-electron chi connectivity index (χ0n) is 21.3. The maximum absolute atomic E-state index is 13.1. The molecular formula is C26H38N4O4. The molecule has 0 bridgehead atoms. The van der Waals surface area contributed by atoms with E-state index in [4.69, 9.17) is 14.9 Å². The van der Waals surface area contributed by atoms with Gasteiger partial charge >= 0.3 is 5.97 Å². The molecule has 0 spiro atoms. The fourth-order valence-corrected chi connectivity index (χ4v) is 3.74. The van der Waals surface area contributed by atoms with Crippen molar-refractivity contribution in [2.45, 2.75) is 78.9 Å². The third kappa shape index (κ3) is 6.46. The fraction of sp³-hybridized carbons (Fsp3) is 0.538. The van der Waals surface area contributed by atoms with E-state index in [0.29, 0.717) is 54.7 Å². The van der Waals surface area contributed by atoms with Gasteiger partial charge in [0.05, 0.1) is 12.3 Å². The molecule has 0 aliphatic rings. The van der Waals surface area contributed by atoms with Crippen LogP contribution in [0, 0.1) is 12.3 Å². The molecule has 2 rings (SSSR count). The first kappa shape index (κ1) is 27.1. The summed E-state index contributed by atoms with van der Waals surface area (Å²) >= 11 is 0. The SMILES string of the molecule is CCCC(=N)c1nc(C)n(CCCc2cccc(OC(C)(CC)C(=O)OCC)c2)c(=O)c1NC. The van der Waals surface area contributed by atoms with E-state index in [-0.39, 0.29) is 11.5 Å². The third-order valence-corrected chi connectivity index (χ3v) is 5.87. The van der Waals surface area contributed by atoms with Gasteiger partial charge in [-0.3, -0.25) is 9.36 Å². The number of benzene rings is 1. The fourth-order valence-electron chi connectivity index (χ4n) is 3.74. The van der Waals surface area contributed by atoms with Gasteiger partial charge in [-0.1, -0.05) is 32.4 Å². The summed E-state index contributed by atoms with van der Waals surface area (Å²) in [6.45, 7) is 10.0. The van der Waals surface area contributed by atoms with E-state index in [1.54, 1.807) is 32.4 Å². The standard InChI is InChI=1S/C26H38N4O4/c1-7-12-21(27)22-23(28-6)24(31)30(18(4)29-22)16-11-14-19-13-10-15-20(17-19)34-26(5,8-2)25(32)33-9-3/h10,13,15,17,27-28H,7-9,11-12,14,16H2,1-6H3. The van der Waals surface area contributed by atoms with Gasteiger partial charge < -0.3 is 20.2 Å². The highest BCUT2D eigenvalue weighted by Crippen LogP contribution is 2.24.